The van der Waals surface area contributed by atoms with Crippen molar-refractivity contribution in [3.05, 3.63) is 81.8 Å². The summed E-state index contributed by atoms with van der Waals surface area (Å²) in [4.78, 5) is 30.2. The Morgan fingerprint density at radius 1 is 1.25 bits per heavy atom. The predicted molar refractivity (Wildman–Crippen MR) is 119 cm³/mol. The molecule has 6 nitrogen and oxygen atoms in total. The summed E-state index contributed by atoms with van der Waals surface area (Å²) in [5.74, 6) is -0.0226. The lowest BCUT2D eigenvalue weighted by atomic mass is 9.76. The molecule has 1 unspecified atom stereocenters. The number of carbonyl (C=O) groups is 1. The zero-order valence-corrected chi connectivity index (χ0v) is 18.2. The van der Waals surface area contributed by atoms with Gasteiger partial charge in [-0.05, 0) is 69.0 Å². The summed E-state index contributed by atoms with van der Waals surface area (Å²) in [5.41, 5.74) is 1.53. The molecule has 2 heterocycles. The highest BCUT2D eigenvalue weighted by Crippen LogP contribution is 2.39. The number of aromatic nitrogens is 2. The summed E-state index contributed by atoms with van der Waals surface area (Å²) in [6, 6.07) is 9.41. The Labute approximate surface area is 185 Å². The van der Waals surface area contributed by atoms with Gasteiger partial charge in [-0.25, -0.2) is 9.18 Å². The number of benzene rings is 1. The van der Waals surface area contributed by atoms with Crippen molar-refractivity contribution in [2.75, 3.05) is 13.2 Å². The molecule has 2 aliphatic carbocycles. The molecular formula is C25H26FN3O3. The largest absolute Gasteiger partial charge is 0.378 e. The van der Waals surface area contributed by atoms with Gasteiger partial charge in [0.05, 0.1) is 30.1 Å². The lowest BCUT2D eigenvalue weighted by molar-refractivity contribution is -0.146. The van der Waals surface area contributed by atoms with E-state index in [1.807, 2.05) is 44.2 Å². The first-order chi connectivity index (χ1) is 15.3. The van der Waals surface area contributed by atoms with Gasteiger partial charge in [-0.15, -0.1) is 0 Å². The van der Waals surface area contributed by atoms with Gasteiger partial charge in [0.15, 0.2) is 0 Å². The fraction of sp³-hybridized carbons (Fsp3) is 0.400. The van der Waals surface area contributed by atoms with Gasteiger partial charge in [-0.3, -0.25) is 9.36 Å². The number of ether oxygens (including phenoxy) is 1. The van der Waals surface area contributed by atoms with E-state index in [0.717, 1.165) is 29.8 Å². The third-order valence-electron chi connectivity index (χ3n) is 6.66. The minimum Gasteiger partial charge on any atom is -0.378 e. The van der Waals surface area contributed by atoms with Gasteiger partial charge in [-0.2, -0.15) is 4.98 Å². The molecule has 1 aliphatic heterocycles. The molecule has 2 fully saturated rings. The number of hydrogen-bond donors (Lipinski definition) is 1. The van der Waals surface area contributed by atoms with Crippen molar-refractivity contribution in [3.8, 4) is 5.69 Å². The van der Waals surface area contributed by atoms with E-state index in [9.17, 15) is 14.0 Å². The highest BCUT2D eigenvalue weighted by atomic mass is 19.1. The van der Waals surface area contributed by atoms with E-state index in [4.69, 9.17) is 4.74 Å². The van der Waals surface area contributed by atoms with Gasteiger partial charge >= 0.3 is 5.69 Å². The highest BCUT2D eigenvalue weighted by molar-refractivity contribution is 5.90. The molecule has 0 spiro atoms. The van der Waals surface area contributed by atoms with Crippen LogP contribution in [0.5, 0.6) is 0 Å². The average molecular weight is 435 g/mol. The van der Waals surface area contributed by atoms with Gasteiger partial charge in [0, 0.05) is 11.6 Å². The van der Waals surface area contributed by atoms with E-state index >= 15 is 0 Å². The third kappa shape index (κ3) is 3.60. The van der Waals surface area contributed by atoms with E-state index in [1.54, 1.807) is 10.6 Å². The summed E-state index contributed by atoms with van der Waals surface area (Å²) >= 11 is 0. The fourth-order valence-corrected chi connectivity index (χ4v) is 4.37. The number of carbonyl (C=O) groups excluding carboxylic acids is 1. The van der Waals surface area contributed by atoms with Crippen LogP contribution in [0.1, 0.15) is 49.1 Å². The molecule has 1 amide bonds. The molecule has 3 aliphatic rings. The van der Waals surface area contributed by atoms with Crippen LogP contribution in [-0.2, 0) is 14.9 Å². The van der Waals surface area contributed by atoms with Crippen molar-refractivity contribution < 1.29 is 13.9 Å². The van der Waals surface area contributed by atoms with E-state index in [1.165, 1.54) is 12.2 Å². The van der Waals surface area contributed by atoms with Crippen LogP contribution >= 0.6 is 0 Å². The molecule has 7 heteroatoms. The summed E-state index contributed by atoms with van der Waals surface area (Å²) in [5, 5.41) is 3.06. The van der Waals surface area contributed by atoms with Crippen LogP contribution in [-0.4, -0.2) is 34.2 Å². The normalized spacial score (nSPS) is 23.9. The second-order valence-corrected chi connectivity index (χ2v) is 9.33. The minimum absolute atomic E-state index is 0.150. The van der Waals surface area contributed by atoms with E-state index in [-0.39, 0.29) is 30.6 Å². The zero-order chi connectivity index (χ0) is 22.5. The molecule has 2 aromatic rings. The fourth-order valence-electron chi connectivity index (χ4n) is 4.37. The lowest BCUT2D eigenvalue weighted by Crippen LogP contribution is -2.61. The molecule has 5 rings (SSSR count). The molecular weight excluding hydrogens is 409 g/mol. The Bertz CT molecular complexity index is 1190. The molecule has 0 radical (unpaired) electrons. The Balaban J connectivity index is 1.40. The number of halogens is 1. The van der Waals surface area contributed by atoms with E-state index in [0.29, 0.717) is 18.0 Å². The quantitative estimate of drug-likeness (QED) is 0.782. The van der Waals surface area contributed by atoms with Gasteiger partial charge < -0.3 is 10.1 Å². The maximum absolute atomic E-state index is 13.4. The summed E-state index contributed by atoms with van der Waals surface area (Å²) < 4.78 is 20.4. The first-order valence-electron chi connectivity index (χ1n) is 11.0. The van der Waals surface area contributed by atoms with Crippen LogP contribution in [0.4, 0.5) is 4.39 Å². The van der Waals surface area contributed by atoms with Crippen molar-refractivity contribution in [1.29, 1.82) is 0 Å². The molecule has 1 atom stereocenters. The average Bonchev–Trinajstić information content (AvgIpc) is 3.55. The zero-order valence-electron chi connectivity index (χ0n) is 18.2. The maximum atomic E-state index is 13.4. The molecule has 32 heavy (non-hydrogen) atoms. The molecule has 1 saturated carbocycles. The van der Waals surface area contributed by atoms with Crippen LogP contribution < -0.4 is 11.0 Å². The lowest BCUT2D eigenvalue weighted by Gasteiger charge is -2.43. The smallest absolute Gasteiger partial charge is 0.352 e. The van der Waals surface area contributed by atoms with Gasteiger partial charge in [-0.1, -0.05) is 18.2 Å². The van der Waals surface area contributed by atoms with Crippen molar-refractivity contribution in [2.45, 2.75) is 50.0 Å². The summed E-state index contributed by atoms with van der Waals surface area (Å²) in [6.45, 7) is 4.33. The first kappa shape index (κ1) is 20.8. The van der Waals surface area contributed by atoms with E-state index < -0.39 is 11.0 Å². The molecule has 1 aromatic carbocycles. The predicted octanol–water partition coefficient (Wildman–Crippen LogP) is 3.37. The van der Waals surface area contributed by atoms with Crippen molar-refractivity contribution in [1.82, 2.24) is 14.9 Å². The number of amides is 1. The second-order valence-electron chi connectivity index (χ2n) is 9.33. The third-order valence-corrected chi connectivity index (χ3v) is 6.66. The second kappa shape index (κ2) is 7.52. The molecule has 166 valence electrons. The monoisotopic (exact) mass is 435 g/mol. The number of hydrogen-bond acceptors (Lipinski definition) is 4. The molecule has 1 N–H and O–H groups in total. The highest BCUT2D eigenvalue weighted by Gasteiger charge is 2.49. The van der Waals surface area contributed by atoms with Gasteiger partial charge in [0.25, 0.3) is 0 Å². The van der Waals surface area contributed by atoms with Gasteiger partial charge in [0.2, 0.25) is 5.91 Å². The minimum atomic E-state index is -0.802. The molecule has 1 aromatic heterocycles. The summed E-state index contributed by atoms with van der Waals surface area (Å²) in [6.07, 6.45) is 7.12. The van der Waals surface area contributed by atoms with E-state index in [2.05, 4.69) is 10.3 Å². The SMILES string of the molecule is Cc1cc(C2CC2)nc(=O)n1-c1ccc(C2(C(=O)NC3(C)C=CC(F)=CC3)COC2)cc1. The Kier molecular flexibility index (Phi) is 4.89. The van der Waals surface area contributed by atoms with Crippen molar-refractivity contribution in [3.63, 3.8) is 0 Å². The van der Waals surface area contributed by atoms with Crippen LogP contribution in [0.2, 0.25) is 0 Å². The number of nitrogens with one attached hydrogen (secondary N) is 1. The maximum Gasteiger partial charge on any atom is 0.352 e. The first-order valence-corrected chi connectivity index (χ1v) is 11.0. The number of allylic oxidation sites excluding steroid dienone is 2. The topological polar surface area (TPSA) is 73.2 Å². The van der Waals surface area contributed by atoms with Crippen LogP contribution in [0.15, 0.2) is 59.2 Å². The Morgan fingerprint density at radius 2 is 1.97 bits per heavy atom. The standard InChI is InChI=1S/C25H26FN3O3/c1-16-13-21(17-3-4-17)27-23(31)29(16)20-7-5-18(6-8-20)25(14-32-15-25)22(30)28-24(2)11-9-19(26)10-12-24/h5-11,13,17H,3-4,12,14-15H2,1-2H3,(H,28,30). The molecule has 1 saturated heterocycles. The van der Waals surface area contributed by atoms with Crippen LogP contribution in [0, 0.1) is 6.92 Å². The number of rotatable bonds is 5. The Morgan fingerprint density at radius 3 is 2.50 bits per heavy atom. The van der Waals surface area contributed by atoms with Gasteiger partial charge in [0.1, 0.15) is 11.2 Å². The molecule has 0 bridgehead atoms. The summed E-state index contributed by atoms with van der Waals surface area (Å²) in [7, 11) is 0. The van der Waals surface area contributed by atoms with Crippen molar-refractivity contribution >= 4 is 5.91 Å². The number of aryl methyl sites for hydroxylation is 1. The van der Waals surface area contributed by atoms with Crippen LogP contribution in [0.3, 0.4) is 0 Å². The number of nitrogens with zero attached hydrogens (tertiary/aromatic N) is 2. The Hall–Kier alpha value is -3.06. The van der Waals surface area contributed by atoms with Crippen molar-refractivity contribution in [2.24, 2.45) is 0 Å². The van der Waals surface area contributed by atoms with Crippen LogP contribution in [0.25, 0.3) is 5.69 Å².